The molecule has 0 radical (unpaired) electrons. The van der Waals surface area contributed by atoms with Gasteiger partial charge in [-0.2, -0.15) is 0 Å². The summed E-state index contributed by atoms with van der Waals surface area (Å²) in [5.74, 6) is 0. The van der Waals surface area contributed by atoms with Gasteiger partial charge in [-0.3, -0.25) is 9.80 Å². The summed E-state index contributed by atoms with van der Waals surface area (Å²) in [6, 6.07) is 0. The molecule has 2 heteroatoms. The zero-order valence-electron chi connectivity index (χ0n) is 15.0. The maximum Gasteiger partial charge on any atom is 0.0513 e. The van der Waals surface area contributed by atoms with Crippen molar-refractivity contribution in [2.24, 2.45) is 0 Å². The molecule has 0 atom stereocenters. The molecular weight excluding hydrogens is 280 g/mol. The van der Waals surface area contributed by atoms with Gasteiger partial charge in [-0.25, -0.2) is 0 Å². The van der Waals surface area contributed by atoms with Crippen LogP contribution in [0.15, 0.2) is 49.6 Å². The Bertz CT molecular complexity index is 323. The zero-order valence-corrected chi connectivity index (χ0v) is 15.0. The van der Waals surface area contributed by atoms with E-state index in [9.17, 15) is 0 Å². The Kier molecular flexibility index (Phi) is 12.5. The standard InChI is InChI=1S/C21H36N2/c1-3-5-7-9-11-13-15-17-22-19-20-23(21-22)18-16-14-12-10-8-6-4-2/h3-4,13-16H,1-2,5-12,17-21H2. The smallest absolute Gasteiger partial charge is 0.0513 e. The zero-order chi connectivity index (χ0) is 16.6. The van der Waals surface area contributed by atoms with Crippen LogP contribution in [0.25, 0.3) is 0 Å². The van der Waals surface area contributed by atoms with E-state index in [1.54, 1.807) is 0 Å². The van der Waals surface area contributed by atoms with Crippen molar-refractivity contribution in [2.75, 3.05) is 32.8 Å². The van der Waals surface area contributed by atoms with Gasteiger partial charge < -0.3 is 0 Å². The molecule has 0 unspecified atom stereocenters. The molecule has 130 valence electrons. The van der Waals surface area contributed by atoms with Gasteiger partial charge >= 0.3 is 0 Å². The second-order valence-electron chi connectivity index (χ2n) is 6.38. The molecule has 0 aliphatic carbocycles. The molecule has 1 aliphatic heterocycles. The van der Waals surface area contributed by atoms with Crippen LogP contribution in [0.2, 0.25) is 0 Å². The molecule has 0 bridgehead atoms. The molecule has 0 aromatic carbocycles. The van der Waals surface area contributed by atoms with Crippen molar-refractivity contribution >= 4 is 0 Å². The normalized spacial score (nSPS) is 16.7. The predicted molar refractivity (Wildman–Crippen MR) is 104 cm³/mol. The molecule has 1 fully saturated rings. The molecule has 23 heavy (non-hydrogen) atoms. The summed E-state index contributed by atoms with van der Waals surface area (Å²) in [6.45, 7) is 13.2. The lowest BCUT2D eigenvalue weighted by Gasteiger charge is -2.15. The minimum absolute atomic E-state index is 1.10. The fourth-order valence-electron chi connectivity index (χ4n) is 2.79. The first-order chi connectivity index (χ1) is 11.4. The summed E-state index contributed by atoms with van der Waals surface area (Å²) in [4.78, 5) is 5.05. The number of hydrogen-bond acceptors (Lipinski definition) is 2. The fourth-order valence-corrected chi connectivity index (χ4v) is 2.79. The number of hydrogen-bond donors (Lipinski definition) is 0. The summed E-state index contributed by atoms with van der Waals surface area (Å²) in [7, 11) is 0. The van der Waals surface area contributed by atoms with Crippen molar-refractivity contribution in [1.82, 2.24) is 9.80 Å². The van der Waals surface area contributed by atoms with Crippen LogP contribution >= 0.6 is 0 Å². The first-order valence-electron chi connectivity index (χ1n) is 9.33. The number of rotatable bonds is 14. The van der Waals surface area contributed by atoms with Crippen molar-refractivity contribution in [1.29, 1.82) is 0 Å². The predicted octanol–water partition coefficient (Wildman–Crippen LogP) is 5.17. The Hall–Kier alpha value is -1.12. The minimum Gasteiger partial charge on any atom is -0.286 e. The van der Waals surface area contributed by atoms with Gasteiger partial charge in [0.15, 0.2) is 0 Å². The molecule has 2 nitrogen and oxygen atoms in total. The molecule has 1 aliphatic rings. The Labute approximate surface area is 144 Å². The third-order valence-electron chi connectivity index (χ3n) is 4.25. The van der Waals surface area contributed by atoms with Crippen LogP contribution in [0, 0.1) is 0 Å². The SMILES string of the molecule is C=CCCCCC=CCN1CCN(CC=CCCCCC=C)C1. The molecule has 1 rings (SSSR count). The Morgan fingerprint density at radius 1 is 0.609 bits per heavy atom. The van der Waals surface area contributed by atoms with Crippen molar-refractivity contribution in [3.63, 3.8) is 0 Å². The summed E-state index contributed by atoms with van der Waals surface area (Å²) in [5, 5.41) is 0. The topological polar surface area (TPSA) is 6.48 Å². The molecule has 0 aromatic rings. The summed E-state index contributed by atoms with van der Waals surface area (Å²) < 4.78 is 0. The number of nitrogens with zero attached hydrogens (tertiary/aromatic N) is 2. The van der Waals surface area contributed by atoms with E-state index in [1.807, 2.05) is 12.2 Å². The van der Waals surface area contributed by atoms with E-state index in [1.165, 1.54) is 51.6 Å². The quantitative estimate of drug-likeness (QED) is 0.322. The van der Waals surface area contributed by atoms with Gasteiger partial charge in [0.05, 0.1) is 6.67 Å². The van der Waals surface area contributed by atoms with E-state index in [4.69, 9.17) is 0 Å². The Morgan fingerprint density at radius 3 is 1.48 bits per heavy atom. The molecule has 0 amide bonds. The first-order valence-corrected chi connectivity index (χ1v) is 9.33. The van der Waals surface area contributed by atoms with Crippen molar-refractivity contribution < 1.29 is 0 Å². The van der Waals surface area contributed by atoms with Gasteiger partial charge in [-0.1, -0.05) is 36.5 Å². The third kappa shape index (κ3) is 11.1. The second kappa shape index (κ2) is 14.5. The van der Waals surface area contributed by atoms with E-state index in [0.717, 1.165) is 32.6 Å². The maximum atomic E-state index is 3.76. The Balaban J connectivity index is 1.99. The van der Waals surface area contributed by atoms with E-state index in [-0.39, 0.29) is 0 Å². The molecule has 1 heterocycles. The number of allylic oxidation sites excluding steroid dienone is 4. The van der Waals surface area contributed by atoms with Gasteiger partial charge in [0.25, 0.3) is 0 Å². The van der Waals surface area contributed by atoms with Gasteiger partial charge in [0, 0.05) is 26.2 Å². The first kappa shape index (κ1) is 19.9. The van der Waals surface area contributed by atoms with E-state index in [0.29, 0.717) is 0 Å². The highest BCUT2D eigenvalue weighted by molar-refractivity contribution is 4.90. The van der Waals surface area contributed by atoms with Crippen LogP contribution in [-0.2, 0) is 0 Å². The van der Waals surface area contributed by atoms with Crippen molar-refractivity contribution in [3.05, 3.63) is 49.6 Å². The van der Waals surface area contributed by atoms with E-state index >= 15 is 0 Å². The van der Waals surface area contributed by atoms with E-state index < -0.39 is 0 Å². The van der Waals surface area contributed by atoms with Crippen LogP contribution in [0.4, 0.5) is 0 Å². The van der Waals surface area contributed by atoms with Crippen LogP contribution < -0.4 is 0 Å². The lowest BCUT2D eigenvalue weighted by Crippen LogP contribution is -2.25. The molecule has 1 saturated heterocycles. The second-order valence-corrected chi connectivity index (χ2v) is 6.38. The van der Waals surface area contributed by atoms with E-state index in [2.05, 4.69) is 47.3 Å². The summed E-state index contributed by atoms with van der Waals surface area (Å²) in [5.41, 5.74) is 0. The monoisotopic (exact) mass is 316 g/mol. The molecule has 0 spiro atoms. The lowest BCUT2D eigenvalue weighted by molar-refractivity contribution is 0.278. The van der Waals surface area contributed by atoms with Gasteiger partial charge in [0.1, 0.15) is 0 Å². The van der Waals surface area contributed by atoms with Gasteiger partial charge in [-0.05, 0) is 51.4 Å². The average Bonchev–Trinajstić information content (AvgIpc) is 3.01. The summed E-state index contributed by atoms with van der Waals surface area (Å²) in [6.07, 6.45) is 23.2. The Morgan fingerprint density at radius 2 is 1.04 bits per heavy atom. The van der Waals surface area contributed by atoms with Crippen molar-refractivity contribution in [2.45, 2.75) is 51.4 Å². The highest BCUT2D eigenvalue weighted by Gasteiger charge is 2.16. The molecule has 0 N–H and O–H groups in total. The third-order valence-corrected chi connectivity index (χ3v) is 4.25. The average molecular weight is 317 g/mol. The van der Waals surface area contributed by atoms with Crippen molar-refractivity contribution in [3.8, 4) is 0 Å². The highest BCUT2D eigenvalue weighted by atomic mass is 15.4. The van der Waals surface area contributed by atoms with Crippen LogP contribution in [0.3, 0.4) is 0 Å². The minimum atomic E-state index is 1.10. The highest BCUT2D eigenvalue weighted by Crippen LogP contribution is 2.06. The van der Waals surface area contributed by atoms with Gasteiger partial charge in [-0.15, -0.1) is 13.2 Å². The fraction of sp³-hybridized carbons (Fsp3) is 0.619. The van der Waals surface area contributed by atoms with Crippen LogP contribution in [0.1, 0.15) is 51.4 Å². The lowest BCUT2D eigenvalue weighted by atomic mass is 10.2. The van der Waals surface area contributed by atoms with Crippen LogP contribution in [0.5, 0.6) is 0 Å². The molecular formula is C21H36N2. The molecule has 0 aromatic heterocycles. The van der Waals surface area contributed by atoms with Gasteiger partial charge in [0.2, 0.25) is 0 Å². The largest absolute Gasteiger partial charge is 0.286 e. The maximum absolute atomic E-state index is 3.76. The number of unbranched alkanes of at least 4 members (excludes halogenated alkanes) is 6. The van der Waals surface area contributed by atoms with Crippen LogP contribution in [-0.4, -0.2) is 42.6 Å². The summed E-state index contributed by atoms with van der Waals surface area (Å²) >= 11 is 0. The molecule has 0 saturated carbocycles.